The summed E-state index contributed by atoms with van der Waals surface area (Å²) < 4.78 is 14.9. The Labute approximate surface area is 106 Å². The smallest absolute Gasteiger partial charge is 0.376 e. The highest BCUT2D eigenvalue weighted by atomic mass is 16.7. The molecule has 8 nitrogen and oxygen atoms in total. The number of Topliss-reactive ketones (excluding diaryl/α,β-unsaturated/α-hetero) is 1. The number of rotatable bonds is 5. The number of carboxylic acid groups (broad SMARTS) is 2. The lowest BCUT2D eigenvalue weighted by atomic mass is 10.2. The van der Waals surface area contributed by atoms with E-state index in [-0.39, 0.29) is 12.5 Å². The second kappa shape index (κ2) is 4.84. The largest absolute Gasteiger partial charge is 0.478 e. The SMILES string of the molecule is O=C(O)C(=O)C(Oc1ccc2c(c1)OCO2)C(=O)O. The summed E-state index contributed by atoms with van der Waals surface area (Å²) in [6, 6.07) is 4.12. The summed E-state index contributed by atoms with van der Waals surface area (Å²) in [4.78, 5) is 32.5. The van der Waals surface area contributed by atoms with Gasteiger partial charge >= 0.3 is 11.9 Å². The molecule has 2 N–H and O–H groups in total. The van der Waals surface area contributed by atoms with E-state index < -0.39 is 23.8 Å². The van der Waals surface area contributed by atoms with E-state index in [2.05, 4.69) is 0 Å². The van der Waals surface area contributed by atoms with Gasteiger partial charge in [0, 0.05) is 6.07 Å². The van der Waals surface area contributed by atoms with Gasteiger partial charge in [0.1, 0.15) is 5.75 Å². The van der Waals surface area contributed by atoms with Crippen LogP contribution in [0.3, 0.4) is 0 Å². The van der Waals surface area contributed by atoms with E-state index in [9.17, 15) is 14.4 Å². The van der Waals surface area contributed by atoms with Crippen LogP contribution in [0.2, 0.25) is 0 Å². The van der Waals surface area contributed by atoms with Gasteiger partial charge in [-0.1, -0.05) is 0 Å². The maximum atomic E-state index is 11.2. The van der Waals surface area contributed by atoms with E-state index in [4.69, 9.17) is 24.4 Å². The Kier molecular flexibility index (Phi) is 3.23. The van der Waals surface area contributed by atoms with Crippen molar-refractivity contribution in [2.24, 2.45) is 0 Å². The summed E-state index contributed by atoms with van der Waals surface area (Å²) in [5.74, 6) is -4.37. The van der Waals surface area contributed by atoms with Crippen LogP contribution in [0.5, 0.6) is 17.2 Å². The van der Waals surface area contributed by atoms with E-state index >= 15 is 0 Å². The maximum Gasteiger partial charge on any atom is 0.376 e. The molecule has 0 fully saturated rings. The minimum absolute atomic E-state index is 0.00810. The molecule has 0 aromatic heterocycles. The number of hydrogen-bond donors (Lipinski definition) is 2. The second-order valence-corrected chi connectivity index (χ2v) is 3.52. The summed E-state index contributed by atoms with van der Waals surface area (Å²) in [5, 5.41) is 17.3. The molecule has 0 bridgehead atoms. The van der Waals surface area contributed by atoms with Crippen molar-refractivity contribution in [1.82, 2.24) is 0 Å². The van der Waals surface area contributed by atoms with Gasteiger partial charge < -0.3 is 24.4 Å². The van der Waals surface area contributed by atoms with Crippen LogP contribution in [0.15, 0.2) is 18.2 Å². The molecule has 0 amide bonds. The third-order valence-electron chi connectivity index (χ3n) is 2.27. The number of ketones is 1. The van der Waals surface area contributed by atoms with E-state index in [1.807, 2.05) is 0 Å². The van der Waals surface area contributed by atoms with Gasteiger partial charge in [-0.2, -0.15) is 0 Å². The third-order valence-corrected chi connectivity index (χ3v) is 2.27. The zero-order chi connectivity index (χ0) is 14.0. The summed E-state index contributed by atoms with van der Waals surface area (Å²) in [7, 11) is 0. The molecule has 0 radical (unpaired) electrons. The van der Waals surface area contributed by atoms with Crippen molar-refractivity contribution in [2.75, 3.05) is 6.79 Å². The fourth-order valence-electron chi connectivity index (χ4n) is 1.41. The molecular formula is C11H8O8. The van der Waals surface area contributed by atoms with Crippen molar-refractivity contribution >= 4 is 17.7 Å². The number of fused-ring (bicyclic) bond motifs is 1. The molecule has 0 aliphatic carbocycles. The molecule has 2 rings (SSSR count). The van der Waals surface area contributed by atoms with Crippen LogP contribution in [-0.2, 0) is 14.4 Å². The topological polar surface area (TPSA) is 119 Å². The number of aliphatic carboxylic acids is 2. The van der Waals surface area contributed by atoms with Gasteiger partial charge in [-0.15, -0.1) is 0 Å². The molecule has 1 unspecified atom stereocenters. The van der Waals surface area contributed by atoms with Gasteiger partial charge in [-0.25, -0.2) is 9.59 Å². The molecule has 1 heterocycles. The predicted molar refractivity (Wildman–Crippen MR) is 57.3 cm³/mol. The monoisotopic (exact) mass is 268 g/mol. The number of benzene rings is 1. The average molecular weight is 268 g/mol. The summed E-state index contributed by atoms with van der Waals surface area (Å²) in [6.45, 7) is 0.0230. The molecule has 1 aliphatic rings. The Morgan fingerprint density at radius 2 is 1.84 bits per heavy atom. The first-order valence-electron chi connectivity index (χ1n) is 5.05. The minimum atomic E-state index is -2.11. The zero-order valence-corrected chi connectivity index (χ0v) is 9.36. The average Bonchev–Trinajstić information content (AvgIpc) is 2.81. The normalized spacial score (nSPS) is 13.7. The lowest BCUT2D eigenvalue weighted by molar-refractivity contribution is -0.160. The summed E-state index contributed by atoms with van der Waals surface area (Å²) >= 11 is 0. The van der Waals surface area contributed by atoms with Crippen molar-refractivity contribution in [3.05, 3.63) is 18.2 Å². The van der Waals surface area contributed by atoms with Crippen molar-refractivity contribution in [3.63, 3.8) is 0 Å². The first-order chi connectivity index (χ1) is 8.99. The molecule has 1 aromatic rings. The number of carbonyl (C=O) groups excluding carboxylic acids is 1. The van der Waals surface area contributed by atoms with Crippen LogP contribution in [0.4, 0.5) is 0 Å². The van der Waals surface area contributed by atoms with Crippen LogP contribution < -0.4 is 14.2 Å². The van der Waals surface area contributed by atoms with Gasteiger partial charge in [0.2, 0.25) is 6.79 Å². The highest BCUT2D eigenvalue weighted by Crippen LogP contribution is 2.35. The van der Waals surface area contributed by atoms with Crippen molar-refractivity contribution in [1.29, 1.82) is 0 Å². The summed E-state index contributed by atoms with van der Waals surface area (Å²) in [5.41, 5.74) is 0. The van der Waals surface area contributed by atoms with Crippen LogP contribution >= 0.6 is 0 Å². The Morgan fingerprint density at radius 1 is 1.16 bits per heavy atom. The highest BCUT2D eigenvalue weighted by Gasteiger charge is 2.34. The lowest BCUT2D eigenvalue weighted by Gasteiger charge is -2.12. The molecule has 1 aromatic carbocycles. The number of carboxylic acids is 2. The maximum absolute atomic E-state index is 11.2. The van der Waals surface area contributed by atoms with Crippen molar-refractivity contribution in [3.8, 4) is 17.2 Å². The van der Waals surface area contributed by atoms with Crippen molar-refractivity contribution < 1.29 is 38.8 Å². The van der Waals surface area contributed by atoms with E-state index in [1.165, 1.54) is 18.2 Å². The standard InChI is InChI=1S/C11H8O8/c12-8(10(13)14)9(11(15)16)19-5-1-2-6-7(3-5)18-4-17-6/h1-3,9H,4H2,(H,13,14)(H,15,16). The fraction of sp³-hybridized carbons (Fsp3) is 0.182. The van der Waals surface area contributed by atoms with Crippen LogP contribution in [-0.4, -0.2) is 40.8 Å². The Balaban J connectivity index is 2.20. The van der Waals surface area contributed by atoms with Crippen LogP contribution in [0.1, 0.15) is 0 Å². The lowest BCUT2D eigenvalue weighted by Crippen LogP contribution is -2.39. The highest BCUT2D eigenvalue weighted by molar-refractivity contribution is 6.38. The fourth-order valence-corrected chi connectivity index (χ4v) is 1.41. The first-order valence-corrected chi connectivity index (χ1v) is 5.05. The molecule has 8 heteroatoms. The van der Waals surface area contributed by atoms with Crippen molar-refractivity contribution in [2.45, 2.75) is 6.10 Å². The molecular weight excluding hydrogens is 260 g/mol. The third kappa shape index (κ3) is 2.57. The molecule has 1 atom stereocenters. The molecule has 100 valence electrons. The summed E-state index contributed by atoms with van der Waals surface area (Å²) in [6.07, 6.45) is -2.11. The quantitative estimate of drug-likeness (QED) is 0.561. The van der Waals surface area contributed by atoms with E-state index in [0.29, 0.717) is 11.5 Å². The predicted octanol–water partition coefficient (Wildman–Crippen LogP) is -0.0990. The van der Waals surface area contributed by atoms with Gasteiger partial charge in [0.05, 0.1) is 0 Å². The van der Waals surface area contributed by atoms with Gasteiger partial charge in [0.15, 0.2) is 11.5 Å². The number of ether oxygens (including phenoxy) is 3. The van der Waals surface area contributed by atoms with Gasteiger partial charge in [-0.05, 0) is 12.1 Å². The Bertz CT molecular complexity index is 550. The minimum Gasteiger partial charge on any atom is -0.478 e. The first kappa shape index (κ1) is 12.7. The van der Waals surface area contributed by atoms with E-state index in [1.54, 1.807) is 0 Å². The second-order valence-electron chi connectivity index (χ2n) is 3.52. The zero-order valence-electron chi connectivity index (χ0n) is 9.36. The number of hydrogen-bond acceptors (Lipinski definition) is 6. The Morgan fingerprint density at radius 3 is 2.47 bits per heavy atom. The van der Waals surface area contributed by atoms with Gasteiger partial charge in [-0.3, -0.25) is 4.79 Å². The molecule has 0 spiro atoms. The van der Waals surface area contributed by atoms with Crippen LogP contribution in [0, 0.1) is 0 Å². The Hall–Kier alpha value is -2.77. The molecule has 19 heavy (non-hydrogen) atoms. The molecule has 1 aliphatic heterocycles. The molecule has 0 saturated carbocycles. The van der Waals surface area contributed by atoms with Gasteiger partial charge in [0.25, 0.3) is 11.9 Å². The number of carbonyl (C=O) groups is 3. The van der Waals surface area contributed by atoms with Crippen LogP contribution in [0.25, 0.3) is 0 Å². The van der Waals surface area contributed by atoms with E-state index in [0.717, 1.165) is 0 Å². The molecule has 0 saturated heterocycles.